The van der Waals surface area contributed by atoms with E-state index >= 15 is 0 Å². The summed E-state index contributed by atoms with van der Waals surface area (Å²) in [6, 6.07) is 18.1. The number of fused-ring (bicyclic) bond motifs is 7. The molecule has 3 aromatic rings. The summed E-state index contributed by atoms with van der Waals surface area (Å²) in [5, 5.41) is 8.56. The largest absolute Gasteiger partial charge is 0.487 e. The highest BCUT2D eigenvalue weighted by atomic mass is 19.1. The van der Waals surface area contributed by atoms with E-state index in [1.165, 1.54) is 12.1 Å². The van der Waals surface area contributed by atoms with Crippen LogP contribution in [-0.4, -0.2) is 67.6 Å². The molecule has 3 aliphatic heterocycles. The fraction of sp³-hybridized carbons (Fsp3) is 0.300. The summed E-state index contributed by atoms with van der Waals surface area (Å²) in [7, 11) is 0. The van der Waals surface area contributed by atoms with Crippen LogP contribution in [0.2, 0.25) is 0 Å². The number of halogens is 1. The maximum atomic E-state index is 14.9. The van der Waals surface area contributed by atoms with Crippen LogP contribution in [0.4, 0.5) is 4.39 Å². The van der Waals surface area contributed by atoms with Crippen LogP contribution in [0.1, 0.15) is 22.8 Å². The monoisotopic (exact) mass is 546 g/mol. The van der Waals surface area contributed by atoms with Gasteiger partial charge in [0.25, 0.3) is 11.8 Å². The van der Waals surface area contributed by atoms with Crippen molar-refractivity contribution in [1.82, 2.24) is 20.9 Å². The molecule has 3 amide bonds. The second kappa shape index (κ2) is 12.2. The molecule has 6 rings (SSSR count). The van der Waals surface area contributed by atoms with Crippen LogP contribution >= 0.6 is 0 Å². The molecule has 3 aliphatic rings. The van der Waals surface area contributed by atoms with E-state index in [2.05, 4.69) is 16.0 Å². The smallest absolute Gasteiger partial charge is 0.258 e. The minimum absolute atomic E-state index is 0.108. The van der Waals surface area contributed by atoms with E-state index in [-0.39, 0.29) is 30.5 Å². The predicted octanol–water partition coefficient (Wildman–Crippen LogP) is 2.50. The number of hydrogen-bond acceptors (Lipinski definition) is 6. The Morgan fingerprint density at radius 2 is 1.82 bits per heavy atom. The van der Waals surface area contributed by atoms with Crippen LogP contribution in [0.3, 0.4) is 0 Å². The number of likely N-dealkylation sites (N-methyl/N-ethyl adjacent to an activating group) is 1. The standard InChI is InChI=1S/C30H31FN4O5/c1-2-32-28(36)17-35-15-26-27(16-35)40-22-9-6-19(7-10-22)14-33-29(37)18-39-23-5-3-4-20(12-23)21-8-11-25(31)24(13-21)30(38)34-26/h3-13,26-27H,2,14-18H2,1H3,(H,32,36)(H,33,37)(H,34,38)/t26-,27-/m0/s1. The van der Waals surface area contributed by atoms with E-state index in [9.17, 15) is 18.8 Å². The third-order valence-electron chi connectivity index (χ3n) is 6.85. The molecule has 0 unspecified atom stereocenters. The Bertz CT molecular complexity index is 1400. The maximum Gasteiger partial charge on any atom is 0.258 e. The highest BCUT2D eigenvalue weighted by Crippen LogP contribution is 2.27. The zero-order valence-electron chi connectivity index (χ0n) is 22.1. The van der Waals surface area contributed by atoms with E-state index < -0.39 is 23.9 Å². The van der Waals surface area contributed by atoms with Gasteiger partial charge in [0.15, 0.2) is 6.61 Å². The van der Waals surface area contributed by atoms with Gasteiger partial charge in [-0.2, -0.15) is 0 Å². The lowest BCUT2D eigenvalue weighted by Crippen LogP contribution is -2.45. The molecule has 40 heavy (non-hydrogen) atoms. The summed E-state index contributed by atoms with van der Waals surface area (Å²) >= 11 is 0. The van der Waals surface area contributed by atoms with Crippen LogP contribution in [0, 0.1) is 5.82 Å². The van der Waals surface area contributed by atoms with Crippen LogP contribution in [-0.2, 0) is 16.1 Å². The number of amides is 3. The molecular weight excluding hydrogens is 515 g/mol. The number of nitrogens with zero attached hydrogens (tertiary/aromatic N) is 1. The number of carbonyl (C=O) groups excluding carboxylic acids is 3. The minimum Gasteiger partial charge on any atom is -0.487 e. The van der Waals surface area contributed by atoms with Gasteiger partial charge >= 0.3 is 0 Å². The number of likely N-dealkylation sites (tertiary alicyclic amines) is 1. The van der Waals surface area contributed by atoms with Gasteiger partial charge in [-0.1, -0.05) is 30.3 Å². The maximum absolute atomic E-state index is 14.9. The number of benzene rings is 3. The molecule has 3 N–H and O–H groups in total. The lowest BCUT2D eigenvalue weighted by molar-refractivity contribution is -0.123. The predicted molar refractivity (Wildman–Crippen MR) is 146 cm³/mol. The Morgan fingerprint density at radius 3 is 2.62 bits per heavy atom. The van der Waals surface area contributed by atoms with Gasteiger partial charge in [0.1, 0.15) is 23.4 Å². The van der Waals surface area contributed by atoms with Crippen LogP contribution in [0.15, 0.2) is 66.7 Å². The van der Waals surface area contributed by atoms with Gasteiger partial charge in [0, 0.05) is 26.2 Å². The van der Waals surface area contributed by atoms with Crippen molar-refractivity contribution < 1.29 is 28.2 Å². The first-order chi connectivity index (χ1) is 19.4. The van der Waals surface area contributed by atoms with Crippen LogP contribution < -0.4 is 25.4 Å². The van der Waals surface area contributed by atoms with Crippen LogP contribution in [0.25, 0.3) is 11.1 Å². The van der Waals surface area contributed by atoms with Gasteiger partial charge in [-0.05, 0) is 60.0 Å². The van der Waals surface area contributed by atoms with Crippen molar-refractivity contribution in [2.24, 2.45) is 0 Å². The average molecular weight is 547 g/mol. The molecule has 1 fully saturated rings. The summed E-state index contributed by atoms with van der Waals surface area (Å²) in [5.41, 5.74) is 2.09. The zero-order valence-corrected chi connectivity index (χ0v) is 22.1. The Kier molecular flexibility index (Phi) is 8.26. The first kappa shape index (κ1) is 27.1. The fourth-order valence-electron chi connectivity index (χ4n) is 4.85. The van der Waals surface area contributed by atoms with Crippen molar-refractivity contribution >= 4 is 17.7 Å². The normalized spacial score (nSPS) is 19.4. The van der Waals surface area contributed by atoms with Gasteiger partial charge < -0.3 is 25.4 Å². The van der Waals surface area contributed by atoms with E-state index in [1.807, 2.05) is 30.0 Å². The highest BCUT2D eigenvalue weighted by Gasteiger charge is 2.37. The molecule has 208 valence electrons. The summed E-state index contributed by atoms with van der Waals surface area (Å²) < 4.78 is 26.8. The molecule has 3 aromatic carbocycles. The Morgan fingerprint density at radius 1 is 1.02 bits per heavy atom. The molecule has 0 aromatic heterocycles. The molecule has 1 saturated heterocycles. The van der Waals surface area contributed by atoms with Crippen molar-refractivity contribution in [3.05, 3.63) is 83.7 Å². The fourth-order valence-corrected chi connectivity index (χ4v) is 4.85. The molecule has 10 heteroatoms. The number of ether oxygens (including phenoxy) is 2. The van der Waals surface area contributed by atoms with Crippen molar-refractivity contribution in [2.45, 2.75) is 25.6 Å². The summed E-state index contributed by atoms with van der Waals surface area (Å²) in [6.07, 6.45) is -0.477. The molecule has 0 radical (unpaired) electrons. The molecule has 0 spiro atoms. The van der Waals surface area contributed by atoms with Crippen molar-refractivity contribution in [3.8, 4) is 22.6 Å². The summed E-state index contributed by atoms with van der Waals surface area (Å²) in [6.45, 7) is 3.43. The average Bonchev–Trinajstić information content (AvgIpc) is 3.31. The second-order valence-electron chi connectivity index (χ2n) is 9.82. The lowest BCUT2D eigenvalue weighted by Gasteiger charge is -2.22. The molecule has 0 saturated carbocycles. The summed E-state index contributed by atoms with van der Waals surface area (Å²) in [4.78, 5) is 39.9. The van der Waals surface area contributed by atoms with E-state index in [0.717, 1.165) is 5.56 Å². The SMILES string of the molecule is CCNC(=O)CN1C[C@@H]2NC(=O)c3cc(ccc3F)-c3cccc(c3)OCC(=O)NCc3ccc(cc3)O[C@H]2C1. The molecule has 2 atom stereocenters. The van der Waals surface area contributed by atoms with Crippen molar-refractivity contribution in [1.29, 1.82) is 0 Å². The van der Waals surface area contributed by atoms with E-state index in [1.54, 1.807) is 36.4 Å². The Balaban J connectivity index is 1.46. The Hall–Kier alpha value is -4.44. The molecule has 9 nitrogen and oxygen atoms in total. The molecule has 6 bridgehead atoms. The lowest BCUT2D eigenvalue weighted by atomic mass is 10.0. The van der Waals surface area contributed by atoms with Crippen molar-refractivity contribution in [3.63, 3.8) is 0 Å². The first-order valence-electron chi connectivity index (χ1n) is 13.2. The molecule has 3 heterocycles. The van der Waals surface area contributed by atoms with E-state index in [4.69, 9.17) is 9.47 Å². The highest BCUT2D eigenvalue weighted by molar-refractivity contribution is 5.96. The van der Waals surface area contributed by atoms with Crippen LogP contribution in [0.5, 0.6) is 11.5 Å². The molecular formula is C30H31FN4O5. The summed E-state index contributed by atoms with van der Waals surface area (Å²) in [5.74, 6) is -0.586. The Labute approximate surface area is 231 Å². The number of rotatable bonds is 3. The van der Waals surface area contributed by atoms with Gasteiger partial charge in [0.2, 0.25) is 5.91 Å². The topological polar surface area (TPSA) is 109 Å². The van der Waals surface area contributed by atoms with Crippen molar-refractivity contribution in [2.75, 3.05) is 32.8 Å². The zero-order chi connectivity index (χ0) is 28.1. The quantitative estimate of drug-likeness (QED) is 0.466. The molecule has 0 aliphatic carbocycles. The third-order valence-corrected chi connectivity index (χ3v) is 6.85. The minimum atomic E-state index is -0.655. The van der Waals surface area contributed by atoms with Gasteiger partial charge in [-0.15, -0.1) is 0 Å². The van der Waals surface area contributed by atoms with Gasteiger partial charge in [0.05, 0.1) is 18.2 Å². The third kappa shape index (κ3) is 6.58. The number of carbonyl (C=O) groups is 3. The second-order valence-corrected chi connectivity index (χ2v) is 9.82. The first-order valence-corrected chi connectivity index (χ1v) is 13.2. The van der Waals surface area contributed by atoms with E-state index in [0.29, 0.717) is 48.8 Å². The number of hydrogen-bond donors (Lipinski definition) is 3. The van der Waals surface area contributed by atoms with Gasteiger partial charge in [-0.3, -0.25) is 19.3 Å². The number of nitrogens with one attached hydrogen (secondary N) is 3. The van der Waals surface area contributed by atoms with Gasteiger partial charge in [-0.25, -0.2) is 4.39 Å².